The van der Waals surface area contributed by atoms with Crippen molar-refractivity contribution in [3.63, 3.8) is 0 Å². The molecule has 3 heterocycles. The molecule has 2 N–H and O–H groups in total. The first-order chi connectivity index (χ1) is 12.7. The lowest BCUT2D eigenvalue weighted by atomic mass is 10.2. The number of rotatable bonds is 6. The number of nitrogens with two attached hydrogens (primary N) is 1. The highest BCUT2D eigenvalue weighted by molar-refractivity contribution is 7.99. The summed E-state index contributed by atoms with van der Waals surface area (Å²) in [5.41, 5.74) is 7.65. The molecule has 4 rings (SSSR count). The molecule has 1 aromatic carbocycles. The highest BCUT2D eigenvalue weighted by Gasteiger charge is 2.16. The normalized spacial score (nSPS) is 14.6. The van der Waals surface area contributed by atoms with Crippen LogP contribution in [0.1, 0.15) is 0 Å². The van der Waals surface area contributed by atoms with Gasteiger partial charge < -0.3 is 15.0 Å². The van der Waals surface area contributed by atoms with E-state index in [4.69, 9.17) is 10.5 Å². The SMILES string of the molecule is Cl.Cl.NC(=O)Cn1c2ccccc2c2nnc(SCCN3CCOCC3)nc21. The van der Waals surface area contributed by atoms with E-state index < -0.39 is 5.91 Å². The van der Waals surface area contributed by atoms with Crippen molar-refractivity contribution < 1.29 is 9.53 Å². The molecule has 28 heavy (non-hydrogen) atoms. The average molecular weight is 445 g/mol. The summed E-state index contributed by atoms with van der Waals surface area (Å²) in [5, 5.41) is 10.2. The summed E-state index contributed by atoms with van der Waals surface area (Å²) in [6, 6.07) is 7.75. The van der Waals surface area contributed by atoms with Crippen LogP contribution in [-0.2, 0) is 16.1 Å². The second-order valence-electron chi connectivity index (χ2n) is 6.14. The van der Waals surface area contributed by atoms with E-state index in [9.17, 15) is 4.79 Å². The maximum Gasteiger partial charge on any atom is 0.237 e. The van der Waals surface area contributed by atoms with Gasteiger partial charge in [0.25, 0.3) is 0 Å². The maximum absolute atomic E-state index is 11.5. The van der Waals surface area contributed by atoms with Crippen molar-refractivity contribution in [3.05, 3.63) is 24.3 Å². The predicted molar refractivity (Wildman–Crippen MR) is 115 cm³/mol. The first-order valence-electron chi connectivity index (χ1n) is 8.55. The summed E-state index contributed by atoms with van der Waals surface area (Å²) in [7, 11) is 0. The van der Waals surface area contributed by atoms with Crippen LogP contribution in [0.2, 0.25) is 0 Å². The molecule has 1 aliphatic rings. The summed E-state index contributed by atoms with van der Waals surface area (Å²) in [5.74, 6) is 0.469. The second-order valence-corrected chi connectivity index (χ2v) is 7.20. The molecule has 11 heteroatoms. The molecule has 1 saturated heterocycles. The summed E-state index contributed by atoms with van der Waals surface area (Å²) in [6.07, 6.45) is 0. The van der Waals surface area contributed by atoms with Crippen LogP contribution in [0.15, 0.2) is 29.4 Å². The number of benzene rings is 1. The molecule has 1 amide bonds. The van der Waals surface area contributed by atoms with Crippen LogP contribution in [0.4, 0.5) is 0 Å². The molecule has 1 aliphatic heterocycles. The van der Waals surface area contributed by atoms with Gasteiger partial charge in [0, 0.05) is 30.8 Å². The fourth-order valence-electron chi connectivity index (χ4n) is 3.16. The summed E-state index contributed by atoms with van der Waals surface area (Å²) in [4.78, 5) is 18.5. The topological polar surface area (TPSA) is 99.2 Å². The number of carbonyl (C=O) groups is 1. The fourth-order valence-corrected chi connectivity index (χ4v) is 3.94. The van der Waals surface area contributed by atoms with E-state index in [-0.39, 0.29) is 31.4 Å². The Kier molecular flexibility index (Phi) is 8.26. The van der Waals surface area contributed by atoms with Gasteiger partial charge in [-0.1, -0.05) is 30.0 Å². The number of halogens is 2. The summed E-state index contributed by atoms with van der Waals surface area (Å²) in [6.45, 7) is 4.54. The number of primary amides is 1. The summed E-state index contributed by atoms with van der Waals surface area (Å²) < 4.78 is 7.18. The molecule has 0 radical (unpaired) electrons. The van der Waals surface area contributed by atoms with Gasteiger partial charge in [0.1, 0.15) is 12.1 Å². The van der Waals surface area contributed by atoms with Crippen molar-refractivity contribution in [2.24, 2.45) is 5.73 Å². The predicted octanol–water partition coefficient (Wildman–Crippen LogP) is 1.73. The molecule has 0 unspecified atom stereocenters. The van der Waals surface area contributed by atoms with Gasteiger partial charge in [0.2, 0.25) is 11.1 Å². The molecule has 0 spiro atoms. The second kappa shape index (κ2) is 10.2. The van der Waals surface area contributed by atoms with Crippen LogP contribution in [0.5, 0.6) is 0 Å². The number of amides is 1. The Balaban J connectivity index is 0.00000140. The number of aromatic nitrogens is 4. The molecule has 1 fully saturated rings. The highest BCUT2D eigenvalue weighted by Crippen LogP contribution is 2.27. The first-order valence-corrected chi connectivity index (χ1v) is 9.54. The van der Waals surface area contributed by atoms with E-state index in [0.29, 0.717) is 16.3 Å². The quantitative estimate of drug-likeness (QED) is 0.577. The molecule has 152 valence electrons. The summed E-state index contributed by atoms with van der Waals surface area (Å²) >= 11 is 1.57. The van der Waals surface area contributed by atoms with Crippen LogP contribution >= 0.6 is 36.6 Å². The van der Waals surface area contributed by atoms with Crippen LogP contribution in [-0.4, -0.2) is 69.2 Å². The fraction of sp³-hybridized carbons (Fsp3) is 0.412. The van der Waals surface area contributed by atoms with Crippen molar-refractivity contribution in [3.8, 4) is 0 Å². The molecular formula is C17H22Cl2N6O2S. The van der Waals surface area contributed by atoms with E-state index >= 15 is 0 Å². The zero-order valence-electron chi connectivity index (χ0n) is 15.1. The zero-order chi connectivity index (χ0) is 17.9. The largest absolute Gasteiger partial charge is 0.379 e. The monoisotopic (exact) mass is 444 g/mol. The standard InChI is InChI=1S/C17H20N6O2S.2ClH/c18-14(24)11-23-13-4-2-1-3-12(13)15-16(23)19-17(21-20-15)26-10-7-22-5-8-25-9-6-22;;/h1-4H,5-11H2,(H2,18,24);2*1H. The Hall–Kier alpha value is -1.65. The third-order valence-corrected chi connectivity index (χ3v) is 5.23. The van der Waals surface area contributed by atoms with E-state index in [2.05, 4.69) is 20.1 Å². The third-order valence-electron chi connectivity index (χ3n) is 4.41. The number of thioether (sulfide) groups is 1. The number of para-hydroxylation sites is 1. The number of carbonyl (C=O) groups excluding carboxylic acids is 1. The number of nitrogens with zero attached hydrogens (tertiary/aromatic N) is 5. The lowest BCUT2D eigenvalue weighted by Gasteiger charge is -2.26. The Morgan fingerprint density at radius 3 is 2.68 bits per heavy atom. The van der Waals surface area contributed by atoms with E-state index in [1.165, 1.54) is 0 Å². The number of morpholine rings is 1. The molecule has 8 nitrogen and oxygen atoms in total. The molecule has 0 bridgehead atoms. The van der Waals surface area contributed by atoms with Crippen LogP contribution in [0.25, 0.3) is 22.1 Å². The van der Waals surface area contributed by atoms with Crippen molar-refractivity contribution in [2.75, 3.05) is 38.6 Å². The van der Waals surface area contributed by atoms with Gasteiger partial charge in [-0.2, -0.15) is 0 Å². The van der Waals surface area contributed by atoms with Gasteiger partial charge in [-0.3, -0.25) is 9.69 Å². The molecular weight excluding hydrogens is 423 g/mol. The molecule has 2 aromatic heterocycles. The van der Waals surface area contributed by atoms with E-state index in [1.54, 1.807) is 11.8 Å². The average Bonchev–Trinajstić information content (AvgIpc) is 2.96. The molecule has 0 atom stereocenters. The van der Waals surface area contributed by atoms with Gasteiger partial charge in [0.05, 0.1) is 18.7 Å². The Labute approximate surface area is 179 Å². The van der Waals surface area contributed by atoms with Gasteiger partial charge in [0.15, 0.2) is 5.65 Å². The lowest BCUT2D eigenvalue weighted by molar-refractivity contribution is -0.118. The van der Waals surface area contributed by atoms with E-state index in [1.807, 2.05) is 28.8 Å². The Morgan fingerprint density at radius 1 is 1.18 bits per heavy atom. The van der Waals surface area contributed by atoms with Crippen LogP contribution in [0.3, 0.4) is 0 Å². The van der Waals surface area contributed by atoms with Crippen molar-refractivity contribution in [1.29, 1.82) is 0 Å². The van der Waals surface area contributed by atoms with Gasteiger partial charge in [-0.15, -0.1) is 35.0 Å². The van der Waals surface area contributed by atoms with Crippen molar-refractivity contribution in [1.82, 2.24) is 24.6 Å². The number of fused-ring (bicyclic) bond motifs is 3. The number of hydrogen-bond donors (Lipinski definition) is 1. The Bertz CT molecular complexity index is 948. The minimum atomic E-state index is -0.409. The minimum Gasteiger partial charge on any atom is -0.379 e. The van der Waals surface area contributed by atoms with Gasteiger partial charge in [-0.05, 0) is 6.07 Å². The first kappa shape index (κ1) is 22.6. The number of ether oxygens (including phenoxy) is 1. The van der Waals surface area contributed by atoms with Crippen molar-refractivity contribution >= 4 is 64.5 Å². The van der Waals surface area contributed by atoms with E-state index in [0.717, 1.165) is 49.5 Å². The van der Waals surface area contributed by atoms with Crippen LogP contribution in [0, 0.1) is 0 Å². The molecule has 0 aliphatic carbocycles. The number of hydrogen-bond acceptors (Lipinski definition) is 7. The van der Waals surface area contributed by atoms with Crippen LogP contribution < -0.4 is 5.73 Å². The van der Waals surface area contributed by atoms with Gasteiger partial charge >= 0.3 is 0 Å². The van der Waals surface area contributed by atoms with Crippen molar-refractivity contribution in [2.45, 2.75) is 11.7 Å². The lowest BCUT2D eigenvalue weighted by Crippen LogP contribution is -2.37. The molecule has 3 aromatic rings. The zero-order valence-corrected chi connectivity index (χ0v) is 17.6. The smallest absolute Gasteiger partial charge is 0.237 e. The third kappa shape index (κ3) is 4.84. The molecule has 0 saturated carbocycles. The highest BCUT2D eigenvalue weighted by atomic mass is 35.5. The van der Waals surface area contributed by atoms with Gasteiger partial charge in [-0.25, -0.2) is 4.98 Å². The minimum absolute atomic E-state index is 0. The Morgan fingerprint density at radius 2 is 1.93 bits per heavy atom. The maximum atomic E-state index is 11.5.